The fourth-order valence-electron chi connectivity index (χ4n) is 1.34. The van der Waals surface area contributed by atoms with E-state index in [1.807, 2.05) is 19.1 Å². The number of esters is 1. The Bertz CT molecular complexity index is 397. The molecule has 2 N–H and O–H groups in total. The monoisotopic (exact) mass is 205 g/mol. The third-order valence-corrected chi connectivity index (χ3v) is 2.29. The van der Waals surface area contributed by atoms with Crippen LogP contribution in [0.2, 0.25) is 0 Å². The van der Waals surface area contributed by atoms with Gasteiger partial charge in [0.2, 0.25) is 0 Å². The number of rotatable bonds is 3. The maximum Gasteiger partial charge on any atom is 0.338 e. The highest BCUT2D eigenvalue weighted by atomic mass is 16.5. The summed E-state index contributed by atoms with van der Waals surface area (Å²) in [7, 11) is 1.37. The molecule has 0 aliphatic rings. The fraction of sp³-hybridized carbons (Fsp3) is 0.250. The van der Waals surface area contributed by atoms with Gasteiger partial charge in [0.1, 0.15) is 0 Å². The first-order valence-corrected chi connectivity index (χ1v) is 4.67. The molecule has 0 saturated carbocycles. The van der Waals surface area contributed by atoms with Crippen LogP contribution in [-0.4, -0.2) is 19.6 Å². The Kier molecular flexibility index (Phi) is 3.63. The normalized spacial score (nSPS) is 9.80. The van der Waals surface area contributed by atoms with Crippen LogP contribution in [0.25, 0.3) is 5.57 Å². The summed E-state index contributed by atoms with van der Waals surface area (Å²) in [5.41, 5.74) is 8.75. The summed E-state index contributed by atoms with van der Waals surface area (Å²) in [5.74, 6) is -0.322. The number of nitrogens with two attached hydrogens (primary N) is 1. The van der Waals surface area contributed by atoms with Crippen LogP contribution in [-0.2, 0) is 4.74 Å². The molecule has 0 aromatic heterocycles. The maximum atomic E-state index is 11.3. The number of ether oxygens (including phenoxy) is 1. The average Bonchev–Trinajstić information content (AvgIpc) is 2.26. The molecule has 0 aliphatic carbocycles. The van der Waals surface area contributed by atoms with Crippen molar-refractivity contribution in [3.8, 4) is 0 Å². The smallest absolute Gasteiger partial charge is 0.338 e. The van der Waals surface area contributed by atoms with E-state index in [9.17, 15) is 4.79 Å². The Morgan fingerprint density at radius 1 is 1.53 bits per heavy atom. The van der Waals surface area contributed by atoms with Gasteiger partial charge in [0, 0.05) is 6.54 Å². The van der Waals surface area contributed by atoms with E-state index in [0.29, 0.717) is 12.1 Å². The van der Waals surface area contributed by atoms with Crippen molar-refractivity contribution < 1.29 is 9.53 Å². The van der Waals surface area contributed by atoms with Crippen LogP contribution in [0.3, 0.4) is 0 Å². The molecule has 0 fully saturated rings. The van der Waals surface area contributed by atoms with Gasteiger partial charge in [-0.15, -0.1) is 0 Å². The van der Waals surface area contributed by atoms with Crippen LogP contribution in [0.15, 0.2) is 24.8 Å². The van der Waals surface area contributed by atoms with Crippen molar-refractivity contribution in [1.82, 2.24) is 0 Å². The fourth-order valence-corrected chi connectivity index (χ4v) is 1.34. The topological polar surface area (TPSA) is 52.3 Å². The van der Waals surface area contributed by atoms with E-state index in [2.05, 4.69) is 11.3 Å². The summed E-state index contributed by atoms with van der Waals surface area (Å²) >= 11 is 0. The van der Waals surface area contributed by atoms with Crippen LogP contribution in [0.5, 0.6) is 0 Å². The maximum absolute atomic E-state index is 11.3. The van der Waals surface area contributed by atoms with Gasteiger partial charge < -0.3 is 10.5 Å². The predicted molar refractivity (Wildman–Crippen MR) is 60.6 cm³/mol. The zero-order valence-electron chi connectivity index (χ0n) is 9.04. The highest BCUT2D eigenvalue weighted by molar-refractivity contribution is 5.91. The minimum atomic E-state index is -0.322. The second-order valence-electron chi connectivity index (χ2n) is 3.33. The summed E-state index contributed by atoms with van der Waals surface area (Å²) in [4.78, 5) is 11.3. The van der Waals surface area contributed by atoms with E-state index in [0.717, 1.165) is 16.7 Å². The van der Waals surface area contributed by atoms with E-state index in [1.165, 1.54) is 7.11 Å². The van der Waals surface area contributed by atoms with Crippen molar-refractivity contribution in [3.05, 3.63) is 41.5 Å². The summed E-state index contributed by atoms with van der Waals surface area (Å²) in [5, 5.41) is 0. The van der Waals surface area contributed by atoms with E-state index < -0.39 is 0 Å². The second-order valence-corrected chi connectivity index (χ2v) is 3.33. The van der Waals surface area contributed by atoms with Gasteiger partial charge in [-0.3, -0.25) is 0 Å². The predicted octanol–water partition coefficient (Wildman–Crippen LogP) is 1.75. The molecule has 0 aliphatic heterocycles. The first-order valence-electron chi connectivity index (χ1n) is 4.67. The number of methoxy groups -OCH3 is 1. The lowest BCUT2D eigenvalue weighted by atomic mass is 10.0. The highest BCUT2D eigenvalue weighted by Gasteiger charge is 2.09. The molecule has 0 unspecified atom stereocenters. The Morgan fingerprint density at radius 2 is 2.20 bits per heavy atom. The Balaban J connectivity index is 3.08. The van der Waals surface area contributed by atoms with Crippen LogP contribution >= 0.6 is 0 Å². The van der Waals surface area contributed by atoms with Crippen molar-refractivity contribution in [2.45, 2.75) is 6.92 Å². The van der Waals surface area contributed by atoms with Crippen molar-refractivity contribution in [3.63, 3.8) is 0 Å². The van der Waals surface area contributed by atoms with Gasteiger partial charge in [0.25, 0.3) is 0 Å². The Morgan fingerprint density at radius 3 is 2.67 bits per heavy atom. The van der Waals surface area contributed by atoms with Crippen molar-refractivity contribution in [2.24, 2.45) is 5.73 Å². The largest absolute Gasteiger partial charge is 0.465 e. The van der Waals surface area contributed by atoms with Crippen LogP contribution in [0.1, 0.15) is 21.5 Å². The van der Waals surface area contributed by atoms with E-state index in [4.69, 9.17) is 5.73 Å². The Labute approximate surface area is 89.5 Å². The molecular formula is C12H15NO2. The van der Waals surface area contributed by atoms with Crippen LogP contribution < -0.4 is 5.73 Å². The molecular weight excluding hydrogens is 190 g/mol. The van der Waals surface area contributed by atoms with Gasteiger partial charge in [-0.25, -0.2) is 4.79 Å². The minimum absolute atomic E-state index is 0.322. The molecule has 0 bridgehead atoms. The van der Waals surface area contributed by atoms with Gasteiger partial charge in [-0.1, -0.05) is 18.7 Å². The van der Waals surface area contributed by atoms with Gasteiger partial charge in [-0.2, -0.15) is 0 Å². The van der Waals surface area contributed by atoms with Gasteiger partial charge in [0.15, 0.2) is 0 Å². The SMILES string of the molecule is C=C(CN)c1ccc(C(=O)OC)c(C)c1. The Hall–Kier alpha value is -1.61. The van der Waals surface area contributed by atoms with E-state index in [1.54, 1.807) is 6.07 Å². The number of aryl methyl sites for hydroxylation is 1. The van der Waals surface area contributed by atoms with Crippen molar-refractivity contribution in [1.29, 1.82) is 0 Å². The lowest BCUT2D eigenvalue weighted by molar-refractivity contribution is 0.0600. The molecule has 0 atom stereocenters. The molecule has 15 heavy (non-hydrogen) atoms. The summed E-state index contributed by atoms with van der Waals surface area (Å²) in [6.45, 7) is 6.11. The molecule has 0 spiro atoms. The minimum Gasteiger partial charge on any atom is -0.465 e. The zero-order chi connectivity index (χ0) is 11.4. The molecule has 0 saturated heterocycles. The molecule has 3 nitrogen and oxygen atoms in total. The van der Waals surface area contributed by atoms with Gasteiger partial charge in [-0.05, 0) is 29.7 Å². The molecule has 1 aromatic carbocycles. The lowest BCUT2D eigenvalue weighted by Crippen LogP contribution is -2.05. The zero-order valence-corrected chi connectivity index (χ0v) is 9.04. The first kappa shape index (κ1) is 11.5. The summed E-state index contributed by atoms with van der Waals surface area (Å²) in [6.07, 6.45) is 0. The average molecular weight is 205 g/mol. The van der Waals surface area contributed by atoms with E-state index >= 15 is 0 Å². The number of hydrogen-bond donors (Lipinski definition) is 1. The number of carbonyl (C=O) groups is 1. The number of carbonyl (C=O) groups excluding carboxylic acids is 1. The molecule has 0 radical (unpaired) electrons. The third kappa shape index (κ3) is 2.44. The van der Waals surface area contributed by atoms with Crippen molar-refractivity contribution >= 4 is 11.5 Å². The first-order chi connectivity index (χ1) is 7.10. The summed E-state index contributed by atoms with van der Waals surface area (Å²) in [6, 6.07) is 5.45. The highest BCUT2D eigenvalue weighted by Crippen LogP contribution is 2.17. The molecule has 1 aromatic rings. The molecule has 80 valence electrons. The number of hydrogen-bond acceptors (Lipinski definition) is 3. The van der Waals surface area contributed by atoms with Crippen LogP contribution in [0.4, 0.5) is 0 Å². The molecule has 0 heterocycles. The van der Waals surface area contributed by atoms with Gasteiger partial charge in [0.05, 0.1) is 12.7 Å². The molecule has 0 amide bonds. The third-order valence-electron chi connectivity index (χ3n) is 2.29. The van der Waals surface area contributed by atoms with Crippen LogP contribution in [0, 0.1) is 6.92 Å². The van der Waals surface area contributed by atoms with Gasteiger partial charge >= 0.3 is 5.97 Å². The van der Waals surface area contributed by atoms with Crippen molar-refractivity contribution in [2.75, 3.05) is 13.7 Å². The van der Waals surface area contributed by atoms with E-state index in [-0.39, 0.29) is 5.97 Å². The molecule has 1 rings (SSSR count). The standard InChI is InChI=1S/C12H15NO2/c1-8-6-10(9(2)7-13)4-5-11(8)12(14)15-3/h4-6H,2,7,13H2,1,3H3. The quantitative estimate of drug-likeness (QED) is 0.765. The number of benzene rings is 1. The molecule has 3 heteroatoms. The lowest BCUT2D eigenvalue weighted by Gasteiger charge is -2.07. The summed E-state index contributed by atoms with van der Waals surface area (Å²) < 4.78 is 4.66. The second kappa shape index (κ2) is 4.75.